The Hall–Kier alpha value is -3.85. The lowest BCUT2D eigenvalue weighted by Crippen LogP contribution is -2.43. The predicted molar refractivity (Wildman–Crippen MR) is 133 cm³/mol. The number of rotatable bonds is 8. The third-order valence-corrected chi connectivity index (χ3v) is 6.03. The van der Waals surface area contributed by atoms with Crippen LogP contribution < -0.4 is 31.6 Å². The lowest BCUT2D eigenvalue weighted by atomic mass is 9.91. The monoisotopic (exact) mass is 462 g/mol. The number of aromatic nitrogens is 2. The summed E-state index contributed by atoms with van der Waals surface area (Å²) < 4.78 is 10.8. The Morgan fingerprint density at radius 2 is 1.91 bits per heavy atom. The maximum absolute atomic E-state index is 12.0. The van der Waals surface area contributed by atoms with Crippen molar-refractivity contribution in [2.24, 2.45) is 11.5 Å². The van der Waals surface area contributed by atoms with Crippen LogP contribution in [0.3, 0.4) is 0 Å². The fourth-order valence-electron chi connectivity index (χ4n) is 4.17. The zero-order chi connectivity index (χ0) is 24.1. The molecule has 1 amide bonds. The van der Waals surface area contributed by atoms with Gasteiger partial charge in [-0.05, 0) is 42.7 Å². The molecular formula is C25H30N6O3. The first-order valence-corrected chi connectivity index (χ1v) is 11.3. The summed E-state index contributed by atoms with van der Waals surface area (Å²) in [5.74, 6) is 1.51. The number of nitrogens with zero attached hydrogens (tertiary/aromatic N) is 2. The molecule has 0 aliphatic heterocycles. The second-order valence-electron chi connectivity index (χ2n) is 8.29. The molecule has 2 aromatic carbocycles. The van der Waals surface area contributed by atoms with Gasteiger partial charge < -0.3 is 31.6 Å². The van der Waals surface area contributed by atoms with E-state index in [4.69, 9.17) is 20.9 Å². The van der Waals surface area contributed by atoms with E-state index >= 15 is 0 Å². The molecule has 3 aromatic rings. The van der Waals surface area contributed by atoms with Gasteiger partial charge in [-0.25, -0.2) is 4.98 Å². The highest BCUT2D eigenvalue weighted by Gasteiger charge is 2.23. The molecule has 6 N–H and O–H groups in total. The van der Waals surface area contributed by atoms with Gasteiger partial charge in [-0.3, -0.25) is 4.79 Å². The van der Waals surface area contributed by atoms with Gasteiger partial charge in [-0.15, -0.1) is 0 Å². The Morgan fingerprint density at radius 3 is 2.65 bits per heavy atom. The first kappa shape index (κ1) is 23.3. The van der Waals surface area contributed by atoms with Gasteiger partial charge in [-0.2, -0.15) is 4.98 Å². The highest BCUT2D eigenvalue weighted by atomic mass is 16.5. The van der Waals surface area contributed by atoms with Gasteiger partial charge in [0.25, 0.3) is 5.91 Å². The van der Waals surface area contributed by atoms with Gasteiger partial charge in [0.15, 0.2) is 0 Å². The normalized spacial score (nSPS) is 17.6. The minimum atomic E-state index is -0.614. The Balaban J connectivity index is 1.62. The van der Waals surface area contributed by atoms with E-state index < -0.39 is 5.91 Å². The van der Waals surface area contributed by atoms with Crippen LogP contribution in [0.25, 0.3) is 11.1 Å². The Bertz CT molecular complexity index is 1170. The highest BCUT2D eigenvalue weighted by molar-refractivity contribution is 5.98. The van der Waals surface area contributed by atoms with Crippen molar-refractivity contribution >= 4 is 23.4 Å². The maximum Gasteiger partial charge on any atom is 0.254 e. The van der Waals surface area contributed by atoms with E-state index in [2.05, 4.69) is 20.6 Å². The molecule has 9 nitrogen and oxygen atoms in total. The van der Waals surface area contributed by atoms with Crippen LogP contribution in [0, 0.1) is 0 Å². The van der Waals surface area contributed by atoms with Crippen LogP contribution in [0.4, 0.5) is 17.5 Å². The molecular weight excluding hydrogens is 432 g/mol. The summed E-state index contributed by atoms with van der Waals surface area (Å²) in [5.41, 5.74) is 14.6. The van der Waals surface area contributed by atoms with Crippen molar-refractivity contribution in [3.63, 3.8) is 0 Å². The summed E-state index contributed by atoms with van der Waals surface area (Å²) in [4.78, 5) is 20.9. The number of carbonyl (C=O) groups is 1. The second-order valence-corrected chi connectivity index (χ2v) is 8.29. The summed E-state index contributed by atoms with van der Waals surface area (Å²) >= 11 is 0. The highest BCUT2D eigenvalue weighted by Crippen LogP contribution is 2.35. The molecule has 4 rings (SSSR count). The molecule has 1 fully saturated rings. The lowest BCUT2D eigenvalue weighted by Gasteiger charge is -2.29. The molecule has 1 unspecified atom stereocenters. The zero-order valence-corrected chi connectivity index (χ0v) is 19.4. The fraction of sp³-hybridized carbons (Fsp3) is 0.320. The van der Waals surface area contributed by atoms with Crippen LogP contribution in [0.2, 0.25) is 0 Å². The van der Waals surface area contributed by atoms with Crippen LogP contribution in [0.1, 0.15) is 36.0 Å². The number of nitrogens with two attached hydrogens (primary N) is 2. The van der Waals surface area contributed by atoms with Gasteiger partial charge >= 0.3 is 0 Å². The summed E-state index contributed by atoms with van der Waals surface area (Å²) in [6.07, 6.45) is 5.59. The number of nitrogens with one attached hydrogen (secondary N) is 2. The SMILES string of the molecule is COc1ccc(-c2cccc(Nc3nc(NC4CCCC[C@@H]4N)ncc3C(N)=O)c2)c(OC)c1. The third kappa shape index (κ3) is 5.20. The predicted octanol–water partition coefficient (Wildman–Crippen LogP) is 3.69. The number of benzene rings is 2. The van der Waals surface area contributed by atoms with E-state index in [1.807, 2.05) is 42.5 Å². The lowest BCUT2D eigenvalue weighted by molar-refractivity contribution is 0.100. The van der Waals surface area contributed by atoms with E-state index in [9.17, 15) is 4.79 Å². The van der Waals surface area contributed by atoms with Gasteiger partial charge in [0.2, 0.25) is 5.95 Å². The molecule has 1 aromatic heterocycles. The van der Waals surface area contributed by atoms with Crippen LogP contribution in [-0.4, -0.2) is 42.2 Å². The largest absolute Gasteiger partial charge is 0.497 e. The average molecular weight is 463 g/mol. The number of methoxy groups -OCH3 is 2. The number of hydrogen-bond donors (Lipinski definition) is 4. The maximum atomic E-state index is 12.0. The summed E-state index contributed by atoms with van der Waals surface area (Å²) in [6, 6.07) is 13.5. The molecule has 2 atom stereocenters. The summed E-state index contributed by atoms with van der Waals surface area (Å²) in [6.45, 7) is 0. The van der Waals surface area contributed by atoms with Crippen LogP contribution in [0.5, 0.6) is 11.5 Å². The van der Waals surface area contributed by atoms with Gasteiger partial charge in [0, 0.05) is 35.6 Å². The molecule has 0 radical (unpaired) electrons. The quantitative estimate of drug-likeness (QED) is 0.398. The average Bonchev–Trinajstić information content (AvgIpc) is 2.85. The molecule has 178 valence electrons. The number of primary amides is 1. The van der Waals surface area contributed by atoms with E-state index in [-0.39, 0.29) is 17.6 Å². The van der Waals surface area contributed by atoms with E-state index in [0.717, 1.165) is 42.5 Å². The van der Waals surface area contributed by atoms with Crippen molar-refractivity contribution in [2.75, 3.05) is 24.9 Å². The fourth-order valence-corrected chi connectivity index (χ4v) is 4.17. The minimum absolute atomic E-state index is 0.0423. The molecule has 1 aliphatic carbocycles. The Morgan fingerprint density at radius 1 is 1.09 bits per heavy atom. The van der Waals surface area contributed by atoms with E-state index in [0.29, 0.717) is 23.3 Å². The first-order valence-electron chi connectivity index (χ1n) is 11.3. The first-order chi connectivity index (χ1) is 16.5. The number of ether oxygens (including phenoxy) is 2. The zero-order valence-electron chi connectivity index (χ0n) is 19.4. The van der Waals surface area contributed by atoms with E-state index in [1.165, 1.54) is 6.20 Å². The van der Waals surface area contributed by atoms with Crippen molar-refractivity contribution in [1.29, 1.82) is 0 Å². The smallest absolute Gasteiger partial charge is 0.254 e. The molecule has 0 saturated heterocycles. The number of hydrogen-bond acceptors (Lipinski definition) is 8. The molecule has 34 heavy (non-hydrogen) atoms. The van der Waals surface area contributed by atoms with Crippen molar-refractivity contribution in [3.05, 3.63) is 54.2 Å². The van der Waals surface area contributed by atoms with Crippen molar-refractivity contribution < 1.29 is 14.3 Å². The van der Waals surface area contributed by atoms with Crippen LogP contribution in [-0.2, 0) is 0 Å². The van der Waals surface area contributed by atoms with Crippen molar-refractivity contribution in [1.82, 2.24) is 9.97 Å². The molecule has 1 heterocycles. The molecule has 1 saturated carbocycles. The van der Waals surface area contributed by atoms with Gasteiger partial charge in [-0.1, -0.05) is 25.0 Å². The minimum Gasteiger partial charge on any atom is -0.497 e. The van der Waals surface area contributed by atoms with Gasteiger partial charge in [0.05, 0.1) is 14.2 Å². The van der Waals surface area contributed by atoms with Crippen LogP contribution >= 0.6 is 0 Å². The number of amides is 1. The van der Waals surface area contributed by atoms with Crippen LogP contribution in [0.15, 0.2) is 48.7 Å². The number of carbonyl (C=O) groups excluding carboxylic acids is 1. The molecule has 0 bridgehead atoms. The Kier molecular flexibility index (Phi) is 7.12. The molecule has 0 spiro atoms. The third-order valence-electron chi connectivity index (χ3n) is 6.03. The van der Waals surface area contributed by atoms with E-state index in [1.54, 1.807) is 14.2 Å². The standard InChI is InChI=1S/C25H30N6O3/c1-33-17-10-11-18(22(13-17)34-2)15-6-5-7-16(12-15)29-24-19(23(27)32)14-28-25(31-24)30-21-9-4-3-8-20(21)26/h5-7,10-14,20-21H,3-4,8-9,26H2,1-2H3,(H2,27,32)(H2,28,29,30,31)/t20-,21?/m0/s1. The number of anilines is 3. The van der Waals surface area contributed by atoms with Crippen molar-refractivity contribution in [2.45, 2.75) is 37.8 Å². The molecule has 1 aliphatic rings. The second kappa shape index (κ2) is 10.4. The Labute approximate surface area is 198 Å². The summed E-state index contributed by atoms with van der Waals surface area (Å²) in [5, 5.41) is 6.54. The summed E-state index contributed by atoms with van der Waals surface area (Å²) in [7, 11) is 3.23. The van der Waals surface area contributed by atoms with Gasteiger partial charge in [0.1, 0.15) is 22.9 Å². The van der Waals surface area contributed by atoms with Crippen molar-refractivity contribution in [3.8, 4) is 22.6 Å². The molecule has 9 heteroatoms. The topological polar surface area (TPSA) is 137 Å².